The lowest BCUT2D eigenvalue weighted by atomic mass is 10.0. The fraction of sp³-hybridized carbons (Fsp3) is 0.500. The van der Waals surface area contributed by atoms with Crippen LogP contribution in [-0.4, -0.2) is 328 Å². The van der Waals surface area contributed by atoms with Crippen LogP contribution in [0.3, 0.4) is 0 Å². The van der Waals surface area contributed by atoms with Crippen molar-refractivity contribution in [2.24, 2.45) is 0 Å². The number of aryl methyl sites for hydroxylation is 4. The molecule has 714 valence electrons. The Morgan fingerprint density at radius 2 is 0.594 bits per heavy atom. The van der Waals surface area contributed by atoms with Crippen LogP contribution in [0.1, 0.15) is 111 Å². The molecule has 34 nitrogen and oxygen atoms in total. The summed E-state index contributed by atoms with van der Waals surface area (Å²) in [5, 5.41) is 29.4. The Labute approximate surface area is 785 Å². The first-order chi connectivity index (χ1) is 63.8. The Bertz CT molecular complexity index is 5500. The van der Waals surface area contributed by atoms with Crippen LogP contribution in [0.15, 0.2) is 171 Å². The van der Waals surface area contributed by atoms with Crippen LogP contribution in [0.2, 0.25) is 0 Å². The molecule has 2 unspecified atom stereocenters. The van der Waals surface area contributed by atoms with E-state index < -0.39 is 10.0 Å². The lowest BCUT2D eigenvalue weighted by Crippen LogP contribution is -2.50. The van der Waals surface area contributed by atoms with Crippen LogP contribution in [0.25, 0.3) is 0 Å². The molecule has 4 aromatic carbocycles. The molecule has 4 aromatic heterocycles. The van der Waals surface area contributed by atoms with Gasteiger partial charge in [-0.25, -0.2) is 27.6 Å². The minimum absolute atomic E-state index is 0.0706. The Hall–Kier alpha value is -11.9. The summed E-state index contributed by atoms with van der Waals surface area (Å²) in [7, 11) is -3.16. The van der Waals surface area contributed by atoms with Crippen LogP contribution in [-0.2, 0) is 45.7 Å². The molecule has 2 atom stereocenters. The number of anilines is 8. The largest absolute Gasteiger partial charge is 0.371 e. The fourth-order valence-electron chi connectivity index (χ4n) is 18.7. The van der Waals surface area contributed by atoms with Crippen LogP contribution < -0.4 is 40.9 Å². The Balaban J connectivity index is 0.000000143. The normalized spacial score (nSPS) is 18.9. The lowest BCUT2D eigenvalue weighted by molar-refractivity contribution is -0.129. The number of nitrogens with zero attached hydrogens (tertiary/aromatic N) is 22. The molecule has 0 spiro atoms. The predicted octanol–water partition coefficient (Wildman–Crippen LogP) is 11.8. The van der Waals surface area contributed by atoms with Gasteiger partial charge in [-0.2, -0.15) is 23.0 Å². The van der Waals surface area contributed by atoms with E-state index in [9.17, 15) is 32.4 Å². The molecular formula is C98H138N26O8S. The lowest BCUT2D eigenvalue weighted by Gasteiger charge is -2.38. The zero-order chi connectivity index (χ0) is 94.1. The third-order valence-corrected chi connectivity index (χ3v) is 27.1. The van der Waals surface area contributed by atoms with Crippen molar-refractivity contribution in [3.63, 3.8) is 0 Å². The van der Waals surface area contributed by atoms with Crippen molar-refractivity contribution in [3.05, 3.63) is 215 Å². The number of ether oxygens (including phenoxy) is 1. The van der Waals surface area contributed by atoms with E-state index >= 15 is 0 Å². The SMILES string of the molecule is C=C(C)Nc1ccn(C(=O)N2CCN(Cc3ccc(C)cc3N3CC4CCC(C3)O4)CC2)n1.C=C(C)Nc1ccn(C(=O)N2CCN(Cc3ccc(C)cc3N3CCCCC3)CC2)n1.C=C(C)Nc1ccn(C(=O)N2CCN(Cc3ccc(C)cc3N3CCN(C(C)=O)CC3)CC2)n1.C=C(C)Nc1ccn(C(=O)N2CCN(Cc3ccc(C)cc3N3CCN(S(C)(=O)=O)CC3)CC2)n1. The Morgan fingerprint density at radius 3 is 0.857 bits per heavy atom. The fourth-order valence-corrected chi connectivity index (χ4v) is 19.5. The van der Waals surface area contributed by atoms with Gasteiger partial charge in [0.05, 0.1) is 18.5 Å². The molecule has 4 N–H and O–H groups in total. The summed E-state index contributed by atoms with van der Waals surface area (Å²) in [5.74, 6) is 2.65. The van der Waals surface area contributed by atoms with Gasteiger partial charge in [0.2, 0.25) is 15.9 Å². The first kappa shape index (κ1) is 97.2. The number of hydrogen-bond donors (Lipinski definition) is 4. The van der Waals surface area contributed by atoms with Crippen molar-refractivity contribution < 1.29 is 37.1 Å². The molecule has 5 amide bonds. The molecule has 133 heavy (non-hydrogen) atoms. The Morgan fingerprint density at radius 1 is 0.338 bits per heavy atom. The summed E-state index contributed by atoms with van der Waals surface area (Å²) < 4.78 is 36.9. The molecule has 13 heterocycles. The molecule has 9 aliphatic rings. The zero-order valence-electron chi connectivity index (χ0n) is 79.7. The van der Waals surface area contributed by atoms with Gasteiger partial charge in [-0.1, -0.05) is 74.8 Å². The number of aromatic nitrogens is 8. The van der Waals surface area contributed by atoms with Crippen molar-refractivity contribution in [2.75, 3.05) is 230 Å². The molecule has 17 rings (SSSR count). The maximum Gasteiger partial charge on any atom is 0.344 e. The van der Waals surface area contributed by atoms with E-state index in [-0.39, 0.29) is 30.0 Å². The average molecular weight is 1840 g/mol. The number of carbonyl (C=O) groups is 5. The van der Waals surface area contributed by atoms with Gasteiger partial charge in [-0.3, -0.25) is 24.4 Å². The smallest absolute Gasteiger partial charge is 0.344 e. The third kappa shape index (κ3) is 26.6. The van der Waals surface area contributed by atoms with Crippen LogP contribution >= 0.6 is 0 Å². The molecule has 0 radical (unpaired) electrons. The number of morpholine rings is 1. The summed E-state index contributed by atoms with van der Waals surface area (Å²) in [6.07, 6.45) is 15.1. The second-order valence-corrected chi connectivity index (χ2v) is 39.0. The van der Waals surface area contributed by atoms with Crippen molar-refractivity contribution in [1.29, 1.82) is 0 Å². The van der Waals surface area contributed by atoms with Gasteiger partial charge in [0, 0.05) is 311 Å². The summed E-state index contributed by atoms with van der Waals surface area (Å²) in [4.78, 5) is 91.9. The number of hydrogen-bond acceptors (Lipinski definition) is 24. The predicted molar refractivity (Wildman–Crippen MR) is 527 cm³/mol. The number of fused-ring (bicyclic) bond motifs is 2. The highest BCUT2D eigenvalue weighted by Gasteiger charge is 2.37. The zero-order valence-corrected chi connectivity index (χ0v) is 80.5. The van der Waals surface area contributed by atoms with E-state index in [1.54, 1.807) is 60.3 Å². The Kier molecular flexibility index (Phi) is 32.7. The highest BCUT2D eigenvalue weighted by atomic mass is 32.2. The summed E-state index contributed by atoms with van der Waals surface area (Å²) in [5.41, 5.74) is 18.6. The maximum absolute atomic E-state index is 12.9. The molecule has 0 saturated carbocycles. The highest BCUT2D eigenvalue weighted by Crippen LogP contribution is 2.35. The molecule has 9 saturated heterocycles. The van der Waals surface area contributed by atoms with Gasteiger partial charge in [-0.05, 0) is 156 Å². The molecular weight excluding hydrogens is 1700 g/mol. The summed E-state index contributed by atoms with van der Waals surface area (Å²) >= 11 is 0. The molecule has 0 aliphatic carbocycles. The van der Waals surface area contributed by atoms with E-state index in [1.807, 2.05) is 52.2 Å². The summed E-state index contributed by atoms with van der Waals surface area (Å²) in [6.45, 7) is 58.3. The van der Waals surface area contributed by atoms with E-state index in [1.165, 1.54) is 124 Å². The van der Waals surface area contributed by atoms with E-state index in [2.05, 4.69) is 208 Å². The molecule has 2 bridgehead atoms. The maximum atomic E-state index is 12.9. The van der Waals surface area contributed by atoms with E-state index in [4.69, 9.17) is 4.74 Å². The minimum atomic E-state index is -3.16. The number of piperazine rings is 6. The van der Waals surface area contributed by atoms with Gasteiger partial charge in [-0.15, -0.1) is 20.4 Å². The topological polar surface area (TPSA) is 293 Å². The number of piperidine rings is 1. The van der Waals surface area contributed by atoms with Crippen molar-refractivity contribution in [2.45, 2.75) is 133 Å². The number of carbonyl (C=O) groups excluding carboxylic acids is 5. The number of benzene rings is 4. The van der Waals surface area contributed by atoms with Crippen LogP contribution in [0.4, 0.5) is 65.2 Å². The van der Waals surface area contributed by atoms with Gasteiger partial charge in [0.25, 0.3) is 0 Å². The number of nitrogens with one attached hydrogen (secondary N) is 4. The first-order valence-electron chi connectivity index (χ1n) is 47.1. The van der Waals surface area contributed by atoms with Gasteiger partial charge in [0.15, 0.2) is 23.3 Å². The molecule has 8 aromatic rings. The van der Waals surface area contributed by atoms with Crippen molar-refractivity contribution >= 4 is 86.1 Å². The number of rotatable bonds is 21. The van der Waals surface area contributed by atoms with Crippen LogP contribution in [0, 0.1) is 27.7 Å². The highest BCUT2D eigenvalue weighted by molar-refractivity contribution is 7.88. The minimum Gasteiger partial charge on any atom is -0.371 e. The van der Waals surface area contributed by atoms with Crippen molar-refractivity contribution in [3.8, 4) is 0 Å². The number of amides is 5. The third-order valence-electron chi connectivity index (χ3n) is 25.8. The molecule has 35 heteroatoms. The molecule has 9 fully saturated rings. The molecule has 9 aliphatic heterocycles. The number of sulfonamides is 1. The average Bonchev–Trinajstić information content (AvgIpc) is 1.76. The quantitative estimate of drug-likeness (QED) is 0.0520. The van der Waals surface area contributed by atoms with Gasteiger partial charge < -0.3 is 70.1 Å². The van der Waals surface area contributed by atoms with E-state index in [0.29, 0.717) is 114 Å². The second kappa shape index (κ2) is 44.8. The van der Waals surface area contributed by atoms with Crippen molar-refractivity contribution in [1.82, 2.24) is 87.5 Å². The number of allylic oxidation sites excluding steroid dienone is 4. The van der Waals surface area contributed by atoms with Crippen LogP contribution in [0.5, 0.6) is 0 Å². The standard InChI is InChI=1S/C25H35N7O2.C25H34N6O2.C24H35N7O3S.C24H34N6O/c1-19(2)26-24-7-8-32(27-24)25(34)31-11-9-28(10-12-31)18-22-6-5-20(3)17-23(22)30-15-13-29(14-16-30)21(4)33;1-18(2)26-24-8-9-31(27-24)25(32)29-12-10-28(11-13-29)15-20-5-4-19(3)14-23(20)30-16-21-6-7-22(17-30)33-21;1-19(2)25-23-7-8-31(26-23)24(32)29-11-9-27(10-12-29)18-21-6-5-20(3)17-22(21)28-13-15-30(16-14-28)35(4,33)34;1-19(2)25-23-9-12-30(26-23)24(31)29-15-13-27(14-16-29)18-21-8-7-20(3)17-22(21)28-10-5-4-6-11-28/h5-8,17H,1,9-16,18H2,2-4H3,(H,26,27);4-5,8-9,14,21-22H,1,6-7,10-13,15-17H2,2-3H3,(H,26,27);5-8,17H,1,9-16,18H2,2-4H3,(H,25,26);7-9,12,17H,1,4-6,10-11,13-16,18H2,2-3H3,(H,25,26). The van der Waals surface area contributed by atoms with E-state index in [0.717, 1.165) is 154 Å². The second-order valence-electron chi connectivity index (χ2n) is 37.0. The van der Waals surface area contributed by atoms with Gasteiger partial charge in [0.1, 0.15) is 0 Å². The van der Waals surface area contributed by atoms with Gasteiger partial charge >= 0.3 is 24.1 Å². The monoisotopic (exact) mass is 1840 g/mol. The first-order valence-corrected chi connectivity index (χ1v) is 48.9. The summed E-state index contributed by atoms with van der Waals surface area (Å²) in [6, 6.07) is 33.5.